The third kappa shape index (κ3) is 4.09. The molecule has 0 atom stereocenters. The minimum Gasteiger partial charge on any atom is -0.399 e. The summed E-state index contributed by atoms with van der Waals surface area (Å²) in [6, 6.07) is 5.64. The van der Waals surface area contributed by atoms with Crippen LogP contribution in [0.5, 0.6) is 0 Å². The molecule has 0 saturated heterocycles. The van der Waals surface area contributed by atoms with Crippen molar-refractivity contribution in [2.45, 2.75) is 6.54 Å². The SMILES string of the molecule is Nc1ccc(CN(CCO)CCO)c(Br)c1. The lowest BCUT2D eigenvalue weighted by Crippen LogP contribution is -2.29. The van der Waals surface area contributed by atoms with Crippen LogP contribution in [-0.2, 0) is 6.54 Å². The van der Waals surface area contributed by atoms with E-state index in [1.807, 2.05) is 23.1 Å². The number of nitrogens with zero attached hydrogens (tertiary/aromatic N) is 1. The molecular weight excluding hydrogens is 272 g/mol. The van der Waals surface area contributed by atoms with Crippen LogP contribution < -0.4 is 5.73 Å². The van der Waals surface area contributed by atoms with Gasteiger partial charge in [-0.3, -0.25) is 4.90 Å². The Balaban J connectivity index is 2.68. The molecule has 0 aliphatic rings. The second-order valence-corrected chi connectivity index (χ2v) is 4.43. The van der Waals surface area contributed by atoms with Crippen LogP contribution in [0.25, 0.3) is 0 Å². The summed E-state index contributed by atoms with van der Waals surface area (Å²) in [7, 11) is 0. The average Bonchev–Trinajstić information content (AvgIpc) is 2.23. The number of halogens is 1. The first-order chi connectivity index (χ1) is 7.67. The minimum atomic E-state index is 0.0899. The highest BCUT2D eigenvalue weighted by molar-refractivity contribution is 9.10. The molecule has 0 fully saturated rings. The minimum absolute atomic E-state index is 0.0899. The highest BCUT2D eigenvalue weighted by atomic mass is 79.9. The normalized spacial score (nSPS) is 11.0. The van der Waals surface area contributed by atoms with Crippen molar-refractivity contribution in [2.75, 3.05) is 32.0 Å². The van der Waals surface area contributed by atoms with Gasteiger partial charge in [0.25, 0.3) is 0 Å². The van der Waals surface area contributed by atoms with Gasteiger partial charge in [-0.1, -0.05) is 22.0 Å². The van der Waals surface area contributed by atoms with Crippen LogP contribution in [0.15, 0.2) is 22.7 Å². The van der Waals surface area contributed by atoms with E-state index in [1.54, 1.807) is 0 Å². The zero-order valence-electron chi connectivity index (χ0n) is 9.06. The van der Waals surface area contributed by atoms with Gasteiger partial charge in [-0.2, -0.15) is 0 Å². The molecule has 0 aliphatic heterocycles. The van der Waals surface area contributed by atoms with Gasteiger partial charge in [0.15, 0.2) is 0 Å². The van der Waals surface area contributed by atoms with E-state index >= 15 is 0 Å². The maximum atomic E-state index is 8.90. The fourth-order valence-electron chi connectivity index (χ4n) is 1.49. The van der Waals surface area contributed by atoms with E-state index in [0.717, 1.165) is 10.0 Å². The summed E-state index contributed by atoms with van der Waals surface area (Å²) in [5.41, 5.74) is 7.46. The van der Waals surface area contributed by atoms with Gasteiger partial charge in [-0.05, 0) is 17.7 Å². The third-order valence-electron chi connectivity index (χ3n) is 2.30. The molecule has 0 bridgehead atoms. The van der Waals surface area contributed by atoms with Gasteiger partial charge < -0.3 is 15.9 Å². The lowest BCUT2D eigenvalue weighted by Gasteiger charge is -2.20. The first kappa shape index (κ1) is 13.4. The van der Waals surface area contributed by atoms with Crippen LogP contribution in [0.1, 0.15) is 5.56 Å². The number of hydrogen-bond acceptors (Lipinski definition) is 4. The number of aliphatic hydroxyl groups excluding tert-OH is 2. The Kier molecular flexibility index (Phi) is 5.76. The monoisotopic (exact) mass is 288 g/mol. The van der Waals surface area contributed by atoms with Crippen molar-refractivity contribution in [3.8, 4) is 0 Å². The Morgan fingerprint density at radius 2 is 1.81 bits per heavy atom. The molecule has 90 valence electrons. The molecular formula is C11H17BrN2O2. The van der Waals surface area contributed by atoms with Gasteiger partial charge >= 0.3 is 0 Å². The van der Waals surface area contributed by atoms with E-state index in [9.17, 15) is 0 Å². The van der Waals surface area contributed by atoms with Crippen LogP contribution in [0.4, 0.5) is 5.69 Å². The molecule has 0 aliphatic carbocycles. The van der Waals surface area contributed by atoms with E-state index in [4.69, 9.17) is 15.9 Å². The summed E-state index contributed by atoms with van der Waals surface area (Å²) in [4.78, 5) is 1.98. The summed E-state index contributed by atoms with van der Waals surface area (Å²) >= 11 is 3.45. The molecule has 1 aromatic carbocycles. The molecule has 0 aromatic heterocycles. The zero-order valence-corrected chi connectivity index (χ0v) is 10.7. The van der Waals surface area contributed by atoms with Crippen LogP contribution >= 0.6 is 15.9 Å². The van der Waals surface area contributed by atoms with Crippen molar-refractivity contribution < 1.29 is 10.2 Å². The van der Waals surface area contributed by atoms with E-state index < -0.39 is 0 Å². The standard InChI is InChI=1S/C11H17BrN2O2/c12-11-7-10(13)2-1-9(11)8-14(3-5-15)4-6-16/h1-2,7,15-16H,3-6,8,13H2. The molecule has 4 nitrogen and oxygen atoms in total. The molecule has 4 N–H and O–H groups in total. The van der Waals surface area contributed by atoms with E-state index in [-0.39, 0.29) is 13.2 Å². The fourth-order valence-corrected chi connectivity index (χ4v) is 2.01. The first-order valence-electron chi connectivity index (χ1n) is 5.15. The fraction of sp³-hybridized carbons (Fsp3) is 0.455. The quantitative estimate of drug-likeness (QED) is 0.678. The summed E-state index contributed by atoms with van der Waals surface area (Å²) in [5.74, 6) is 0. The molecule has 0 amide bonds. The van der Waals surface area contributed by atoms with E-state index in [0.29, 0.717) is 25.3 Å². The highest BCUT2D eigenvalue weighted by Crippen LogP contribution is 2.21. The Morgan fingerprint density at radius 3 is 2.31 bits per heavy atom. The van der Waals surface area contributed by atoms with E-state index in [2.05, 4.69) is 15.9 Å². The molecule has 0 radical (unpaired) electrons. The molecule has 1 aromatic rings. The number of nitrogen functional groups attached to an aromatic ring is 1. The van der Waals surface area contributed by atoms with Gasteiger partial charge in [0, 0.05) is 29.8 Å². The van der Waals surface area contributed by atoms with Crippen molar-refractivity contribution in [1.82, 2.24) is 4.90 Å². The lowest BCUT2D eigenvalue weighted by molar-refractivity contribution is 0.155. The highest BCUT2D eigenvalue weighted by Gasteiger charge is 2.07. The van der Waals surface area contributed by atoms with Crippen LogP contribution in [0.3, 0.4) is 0 Å². The van der Waals surface area contributed by atoms with Crippen molar-refractivity contribution in [3.63, 3.8) is 0 Å². The molecule has 0 saturated carbocycles. The van der Waals surface area contributed by atoms with Crippen LogP contribution in [0, 0.1) is 0 Å². The van der Waals surface area contributed by atoms with Crippen molar-refractivity contribution in [2.24, 2.45) is 0 Å². The van der Waals surface area contributed by atoms with Gasteiger partial charge in [-0.25, -0.2) is 0 Å². The summed E-state index contributed by atoms with van der Waals surface area (Å²) in [6.07, 6.45) is 0. The van der Waals surface area contributed by atoms with E-state index in [1.165, 1.54) is 0 Å². The second-order valence-electron chi connectivity index (χ2n) is 3.57. The lowest BCUT2D eigenvalue weighted by atomic mass is 10.2. The van der Waals surface area contributed by atoms with Gasteiger partial charge in [0.1, 0.15) is 0 Å². The summed E-state index contributed by atoms with van der Waals surface area (Å²) in [5, 5.41) is 17.8. The number of rotatable bonds is 6. The van der Waals surface area contributed by atoms with Crippen molar-refractivity contribution >= 4 is 21.6 Å². The van der Waals surface area contributed by atoms with Gasteiger partial charge in [0.2, 0.25) is 0 Å². The Hall–Kier alpha value is -0.620. The number of benzene rings is 1. The van der Waals surface area contributed by atoms with Gasteiger partial charge in [0.05, 0.1) is 13.2 Å². The maximum Gasteiger partial charge on any atom is 0.0558 e. The molecule has 0 unspecified atom stereocenters. The summed E-state index contributed by atoms with van der Waals surface area (Å²) in [6.45, 7) is 1.97. The second kappa shape index (κ2) is 6.85. The zero-order chi connectivity index (χ0) is 12.0. The predicted octanol–water partition coefficient (Wildman–Crippen LogP) is 0.818. The summed E-state index contributed by atoms with van der Waals surface area (Å²) < 4.78 is 0.952. The number of anilines is 1. The Bertz CT molecular complexity index is 328. The number of hydrogen-bond donors (Lipinski definition) is 3. The van der Waals surface area contributed by atoms with Crippen LogP contribution in [-0.4, -0.2) is 41.4 Å². The predicted molar refractivity (Wildman–Crippen MR) is 68.0 cm³/mol. The first-order valence-corrected chi connectivity index (χ1v) is 5.94. The molecule has 5 heteroatoms. The maximum absolute atomic E-state index is 8.90. The molecule has 0 heterocycles. The molecule has 0 spiro atoms. The number of aliphatic hydroxyl groups is 2. The average molecular weight is 289 g/mol. The molecule has 16 heavy (non-hydrogen) atoms. The van der Waals surface area contributed by atoms with Crippen molar-refractivity contribution in [1.29, 1.82) is 0 Å². The topological polar surface area (TPSA) is 69.7 Å². The van der Waals surface area contributed by atoms with Gasteiger partial charge in [-0.15, -0.1) is 0 Å². The van der Waals surface area contributed by atoms with Crippen molar-refractivity contribution in [3.05, 3.63) is 28.2 Å². The number of nitrogens with two attached hydrogens (primary N) is 1. The Morgan fingerprint density at radius 1 is 1.19 bits per heavy atom. The Labute approximate surface area is 104 Å². The van der Waals surface area contributed by atoms with Crippen LogP contribution in [0.2, 0.25) is 0 Å². The largest absolute Gasteiger partial charge is 0.399 e. The smallest absolute Gasteiger partial charge is 0.0558 e. The third-order valence-corrected chi connectivity index (χ3v) is 3.04. The molecule has 1 rings (SSSR count).